The van der Waals surface area contributed by atoms with Crippen LogP contribution < -0.4 is 0 Å². The quantitative estimate of drug-likeness (QED) is 0.270. The first kappa shape index (κ1) is 21.1. The standard InChI is InChI=1S/C6H6N2O2.C4H6O6.Mn/c9-6(10)2-1-5-3-7-4-8-5;5-1(3(7)8)2(6)4(9)10;/h1-4H,(H,7,8)(H,9,10);1-2,5-6H,(H,7,8)(H,9,10);/q;;+2/b2-1+;;. The van der Waals surface area contributed by atoms with E-state index >= 15 is 0 Å². The number of imidazole rings is 1. The molecule has 2 unspecified atom stereocenters. The van der Waals surface area contributed by atoms with Gasteiger partial charge in [0, 0.05) is 6.08 Å². The molecule has 0 fully saturated rings. The van der Waals surface area contributed by atoms with Crippen molar-refractivity contribution >= 4 is 24.0 Å². The number of carboxylic acids is 3. The van der Waals surface area contributed by atoms with Gasteiger partial charge in [-0.2, -0.15) is 0 Å². The maximum Gasteiger partial charge on any atom is 2.00 e. The zero-order valence-corrected chi connectivity index (χ0v) is 11.4. The van der Waals surface area contributed by atoms with Crippen LogP contribution in [0, 0.1) is 0 Å². The molecule has 0 amide bonds. The van der Waals surface area contributed by atoms with E-state index in [1.807, 2.05) is 0 Å². The maximum absolute atomic E-state index is 9.97. The van der Waals surface area contributed by atoms with E-state index in [9.17, 15) is 14.4 Å². The molecule has 1 aromatic heterocycles. The van der Waals surface area contributed by atoms with Crippen LogP contribution in [0.5, 0.6) is 0 Å². The molecule has 1 rings (SSSR count). The van der Waals surface area contributed by atoms with Gasteiger partial charge >= 0.3 is 35.0 Å². The van der Waals surface area contributed by atoms with Crippen molar-refractivity contribution in [3.63, 3.8) is 0 Å². The maximum atomic E-state index is 9.97. The van der Waals surface area contributed by atoms with E-state index in [0.29, 0.717) is 5.69 Å². The molecule has 115 valence electrons. The van der Waals surface area contributed by atoms with Crippen LogP contribution in [0.3, 0.4) is 0 Å². The predicted molar refractivity (Wildman–Crippen MR) is 62.5 cm³/mol. The van der Waals surface area contributed by atoms with Gasteiger partial charge in [0.1, 0.15) is 0 Å². The number of aromatic nitrogens is 2. The molecule has 0 aliphatic carbocycles. The normalized spacial score (nSPS) is 12.5. The molecule has 2 atom stereocenters. The number of aliphatic carboxylic acids is 3. The van der Waals surface area contributed by atoms with Gasteiger partial charge in [0.2, 0.25) is 0 Å². The number of carboxylic acid groups (broad SMARTS) is 3. The Balaban J connectivity index is 0. The second kappa shape index (κ2) is 10.6. The molecule has 6 N–H and O–H groups in total. The third kappa shape index (κ3) is 9.35. The number of carbonyl (C=O) groups is 3. The van der Waals surface area contributed by atoms with Crippen LogP contribution in [0.15, 0.2) is 18.6 Å². The molecular formula is C10H12MnN2O8+2. The topological polar surface area (TPSA) is 181 Å². The molecule has 21 heavy (non-hydrogen) atoms. The van der Waals surface area contributed by atoms with E-state index in [1.165, 1.54) is 12.4 Å². The molecule has 0 saturated heterocycles. The fourth-order valence-corrected chi connectivity index (χ4v) is 0.789. The molecule has 0 aliphatic rings. The third-order valence-electron chi connectivity index (χ3n) is 1.73. The number of nitrogens with one attached hydrogen (secondary N) is 1. The SMILES string of the molecule is O=C(O)/C=C/c1cnc[nH]1.O=C(O)C(O)C(O)C(=O)O.[Mn+2]. The minimum Gasteiger partial charge on any atom is -0.479 e. The zero-order valence-electron chi connectivity index (χ0n) is 10.3. The average molecular weight is 343 g/mol. The molecule has 0 spiro atoms. The van der Waals surface area contributed by atoms with Gasteiger partial charge in [0.25, 0.3) is 0 Å². The van der Waals surface area contributed by atoms with E-state index < -0.39 is 30.1 Å². The molecule has 1 aromatic rings. The van der Waals surface area contributed by atoms with Crippen LogP contribution in [0.4, 0.5) is 0 Å². The Morgan fingerprint density at radius 2 is 1.57 bits per heavy atom. The molecule has 10 nitrogen and oxygen atoms in total. The van der Waals surface area contributed by atoms with Crippen LogP contribution in [0.1, 0.15) is 5.69 Å². The number of rotatable bonds is 5. The number of aromatic amines is 1. The molecule has 0 aliphatic heterocycles. The number of H-pyrrole nitrogens is 1. The van der Waals surface area contributed by atoms with Gasteiger partial charge in [-0.25, -0.2) is 19.4 Å². The van der Waals surface area contributed by atoms with Crippen molar-refractivity contribution in [1.82, 2.24) is 9.97 Å². The van der Waals surface area contributed by atoms with Crippen molar-refractivity contribution in [2.24, 2.45) is 0 Å². The summed E-state index contributed by atoms with van der Waals surface area (Å²) in [5.41, 5.74) is 0.683. The van der Waals surface area contributed by atoms with Crippen molar-refractivity contribution in [3.05, 3.63) is 24.3 Å². The minimum absolute atomic E-state index is 0. The summed E-state index contributed by atoms with van der Waals surface area (Å²) in [6, 6.07) is 0. The molecule has 0 saturated carbocycles. The van der Waals surface area contributed by atoms with E-state index in [-0.39, 0.29) is 17.1 Å². The van der Waals surface area contributed by atoms with Crippen molar-refractivity contribution in [3.8, 4) is 0 Å². The summed E-state index contributed by atoms with van der Waals surface area (Å²) in [7, 11) is 0. The predicted octanol–water partition coefficient (Wildman–Crippen LogP) is -1.62. The summed E-state index contributed by atoms with van der Waals surface area (Å²) in [5, 5.41) is 40.7. The first-order valence-electron chi connectivity index (χ1n) is 4.96. The third-order valence-corrected chi connectivity index (χ3v) is 1.73. The average Bonchev–Trinajstić information content (AvgIpc) is 2.88. The minimum atomic E-state index is -2.27. The molecule has 0 aromatic carbocycles. The first-order valence-corrected chi connectivity index (χ1v) is 4.96. The first-order chi connectivity index (χ1) is 9.25. The van der Waals surface area contributed by atoms with Gasteiger partial charge in [0.05, 0.1) is 18.2 Å². The largest absolute Gasteiger partial charge is 2.00 e. The monoisotopic (exact) mass is 343 g/mol. The second-order valence-electron chi connectivity index (χ2n) is 3.24. The number of hydrogen-bond acceptors (Lipinski definition) is 6. The summed E-state index contributed by atoms with van der Waals surface area (Å²) in [4.78, 5) is 35.9. The van der Waals surface area contributed by atoms with Gasteiger partial charge < -0.3 is 30.5 Å². The Morgan fingerprint density at radius 1 is 1.10 bits per heavy atom. The molecular weight excluding hydrogens is 331 g/mol. The zero-order chi connectivity index (χ0) is 15.7. The van der Waals surface area contributed by atoms with Crippen LogP contribution in [0.25, 0.3) is 6.08 Å². The molecule has 0 bridgehead atoms. The fraction of sp³-hybridized carbons (Fsp3) is 0.200. The number of hydrogen-bond donors (Lipinski definition) is 6. The van der Waals surface area contributed by atoms with Crippen molar-refractivity contribution < 1.29 is 57.0 Å². The smallest absolute Gasteiger partial charge is 0.479 e. The van der Waals surface area contributed by atoms with Crippen LogP contribution in [0.2, 0.25) is 0 Å². The van der Waals surface area contributed by atoms with E-state index in [2.05, 4.69) is 9.97 Å². The van der Waals surface area contributed by atoms with E-state index in [4.69, 9.17) is 25.5 Å². The summed E-state index contributed by atoms with van der Waals surface area (Å²) in [6.45, 7) is 0. The van der Waals surface area contributed by atoms with Gasteiger partial charge in [0.15, 0.2) is 12.2 Å². The summed E-state index contributed by atoms with van der Waals surface area (Å²) < 4.78 is 0. The van der Waals surface area contributed by atoms with Crippen LogP contribution in [-0.4, -0.2) is 65.6 Å². The Bertz CT molecular complexity index is 469. The Morgan fingerprint density at radius 3 is 1.86 bits per heavy atom. The van der Waals surface area contributed by atoms with E-state index in [1.54, 1.807) is 6.20 Å². The Kier molecular flexibility index (Phi) is 10.6. The Labute approximate surface area is 128 Å². The Hall–Kier alpha value is -2.20. The summed E-state index contributed by atoms with van der Waals surface area (Å²) in [5.74, 6) is -4.50. The van der Waals surface area contributed by atoms with Gasteiger partial charge in [-0.1, -0.05) is 0 Å². The molecule has 1 radical (unpaired) electrons. The fourth-order valence-electron chi connectivity index (χ4n) is 0.789. The molecule has 1 heterocycles. The van der Waals surface area contributed by atoms with Gasteiger partial charge in [-0.3, -0.25) is 0 Å². The second-order valence-corrected chi connectivity index (χ2v) is 3.24. The van der Waals surface area contributed by atoms with Crippen LogP contribution in [-0.2, 0) is 31.5 Å². The van der Waals surface area contributed by atoms with Crippen molar-refractivity contribution in [1.29, 1.82) is 0 Å². The summed E-state index contributed by atoms with van der Waals surface area (Å²) in [6.07, 6.45) is 0.985. The van der Waals surface area contributed by atoms with Gasteiger partial charge in [-0.15, -0.1) is 0 Å². The van der Waals surface area contributed by atoms with Crippen molar-refractivity contribution in [2.75, 3.05) is 0 Å². The number of nitrogens with zero attached hydrogens (tertiary/aromatic N) is 1. The summed E-state index contributed by atoms with van der Waals surface area (Å²) >= 11 is 0. The number of aliphatic hydroxyl groups is 2. The number of aliphatic hydroxyl groups excluding tert-OH is 2. The van der Waals surface area contributed by atoms with Crippen LogP contribution >= 0.6 is 0 Å². The molecule has 11 heteroatoms. The van der Waals surface area contributed by atoms with E-state index in [0.717, 1.165) is 6.08 Å². The van der Waals surface area contributed by atoms with Gasteiger partial charge in [-0.05, 0) is 6.08 Å². The van der Waals surface area contributed by atoms with Crippen molar-refractivity contribution in [2.45, 2.75) is 12.2 Å².